The van der Waals surface area contributed by atoms with Crippen LogP contribution in [0.15, 0.2) is 54.7 Å². The number of fused-ring (bicyclic) bond motifs is 2. The Labute approximate surface area is 262 Å². The molecule has 10 nitrogen and oxygen atoms in total. The van der Waals surface area contributed by atoms with E-state index in [2.05, 4.69) is 21.7 Å². The zero-order valence-electron chi connectivity index (χ0n) is 26.0. The molecule has 1 aliphatic carbocycles. The van der Waals surface area contributed by atoms with Crippen molar-refractivity contribution in [3.8, 4) is 6.07 Å². The standard InChI is InChI=1S/C34H38FN7O3/c1-33(2,3)17-29(31(44)41-20-34(16-24(41)18-36)25-7-5-6-8-26(25)37-32(34)45)40(4)30(43)28(15-21-9-13-23(35)14-10-21)42-19-27(38-39-42)22-11-12-22/h5-10,13-14,19,22,24,28-29H,11-12,15-17,20H2,1-4H3,(H,37,45)/t24-,28-,29-,34-/m0/s1. The summed E-state index contributed by atoms with van der Waals surface area (Å²) >= 11 is 0. The molecular weight excluding hydrogens is 573 g/mol. The maximum absolute atomic E-state index is 14.5. The van der Waals surface area contributed by atoms with Crippen LogP contribution in [0.2, 0.25) is 0 Å². The van der Waals surface area contributed by atoms with Crippen LogP contribution >= 0.6 is 0 Å². The van der Waals surface area contributed by atoms with Gasteiger partial charge in [-0.3, -0.25) is 14.4 Å². The summed E-state index contributed by atoms with van der Waals surface area (Å²) in [6.07, 6.45) is 4.57. The van der Waals surface area contributed by atoms with Crippen molar-refractivity contribution in [2.24, 2.45) is 5.41 Å². The first-order chi connectivity index (χ1) is 21.4. The van der Waals surface area contributed by atoms with Gasteiger partial charge in [0.15, 0.2) is 0 Å². The van der Waals surface area contributed by atoms with Gasteiger partial charge in [0.25, 0.3) is 0 Å². The van der Waals surface area contributed by atoms with Crippen LogP contribution in [-0.4, -0.2) is 68.2 Å². The van der Waals surface area contributed by atoms with Crippen LogP contribution in [0.4, 0.5) is 10.1 Å². The molecular formula is C34H38FN7O3. The van der Waals surface area contributed by atoms with Gasteiger partial charge in [-0.2, -0.15) is 5.26 Å². The van der Waals surface area contributed by atoms with E-state index in [1.54, 1.807) is 30.1 Å². The molecule has 1 N–H and O–H groups in total. The monoisotopic (exact) mass is 611 g/mol. The van der Waals surface area contributed by atoms with Gasteiger partial charge in [-0.15, -0.1) is 5.10 Å². The van der Waals surface area contributed by atoms with Crippen molar-refractivity contribution in [3.63, 3.8) is 0 Å². The Bertz CT molecular complexity index is 1670. The molecule has 3 aliphatic rings. The number of likely N-dealkylation sites (tertiary alicyclic amines) is 1. The minimum atomic E-state index is -1.04. The second-order valence-electron chi connectivity index (χ2n) is 13.9. The van der Waals surface area contributed by atoms with E-state index in [1.165, 1.54) is 21.9 Å². The van der Waals surface area contributed by atoms with Gasteiger partial charge < -0.3 is 15.1 Å². The second kappa shape index (κ2) is 11.4. The quantitative estimate of drug-likeness (QED) is 0.404. The van der Waals surface area contributed by atoms with E-state index in [-0.39, 0.29) is 48.3 Å². The van der Waals surface area contributed by atoms with E-state index in [0.717, 1.165) is 29.7 Å². The molecule has 0 bridgehead atoms. The number of nitrogens with zero attached hydrogens (tertiary/aromatic N) is 6. The van der Waals surface area contributed by atoms with Crippen LogP contribution in [0.1, 0.15) is 75.2 Å². The van der Waals surface area contributed by atoms with Crippen molar-refractivity contribution < 1.29 is 18.8 Å². The highest BCUT2D eigenvalue weighted by molar-refractivity contribution is 6.07. The SMILES string of the molecule is CN(C(=O)[C@H](Cc1ccc(F)cc1)n1cc(C2CC2)nn1)[C@@H](CC(C)(C)C)C(=O)N1C[C@]2(C[C@H]1C#N)C(=O)Nc1ccccc12. The van der Waals surface area contributed by atoms with E-state index < -0.39 is 23.5 Å². The number of rotatable bonds is 8. The van der Waals surface area contributed by atoms with Crippen LogP contribution < -0.4 is 5.32 Å². The number of para-hydroxylation sites is 1. The molecule has 0 unspecified atom stereocenters. The topological polar surface area (TPSA) is 124 Å². The fourth-order valence-electron chi connectivity index (χ4n) is 6.68. The Hall–Kier alpha value is -4.59. The summed E-state index contributed by atoms with van der Waals surface area (Å²) < 4.78 is 15.3. The minimum Gasteiger partial charge on any atom is -0.332 e. The lowest BCUT2D eigenvalue weighted by molar-refractivity contribution is -0.148. The molecule has 45 heavy (non-hydrogen) atoms. The Morgan fingerprint density at radius 1 is 1.18 bits per heavy atom. The lowest BCUT2D eigenvalue weighted by Crippen LogP contribution is -2.54. The molecule has 4 atom stereocenters. The molecule has 234 valence electrons. The van der Waals surface area contributed by atoms with Crippen molar-refractivity contribution in [1.82, 2.24) is 24.8 Å². The van der Waals surface area contributed by atoms with Crippen molar-refractivity contribution in [3.05, 3.63) is 77.4 Å². The van der Waals surface area contributed by atoms with Crippen molar-refractivity contribution in [1.29, 1.82) is 5.26 Å². The molecule has 1 saturated carbocycles. The van der Waals surface area contributed by atoms with Crippen LogP contribution in [0.3, 0.4) is 0 Å². The molecule has 2 aliphatic heterocycles. The fraction of sp³-hybridized carbons (Fsp3) is 0.471. The van der Waals surface area contributed by atoms with Gasteiger partial charge in [-0.25, -0.2) is 9.07 Å². The maximum atomic E-state index is 14.5. The zero-order valence-corrected chi connectivity index (χ0v) is 26.0. The van der Waals surface area contributed by atoms with E-state index in [4.69, 9.17) is 0 Å². The molecule has 1 saturated heterocycles. The first-order valence-corrected chi connectivity index (χ1v) is 15.4. The van der Waals surface area contributed by atoms with E-state index >= 15 is 0 Å². The molecule has 2 fully saturated rings. The smallest absolute Gasteiger partial charge is 0.248 e. The third-order valence-corrected chi connectivity index (χ3v) is 9.29. The van der Waals surface area contributed by atoms with E-state index in [1.807, 2.05) is 45.0 Å². The van der Waals surface area contributed by atoms with Gasteiger partial charge >= 0.3 is 0 Å². The number of aromatic nitrogens is 3. The van der Waals surface area contributed by atoms with Gasteiger partial charge in [0.2, 0.25) is 17.7 Å². The van der Waals surface area contributed by atoms with Gasteiger partial charge in [-0.1, -0.05) is 56.3 Å². The van der Waals surface area contributed by atoms with Crippen molar-refractivity contribution in [2.45, 2.75) is 82.3 Å². The molecule has 0 radical (unpaired) electrons. The number of benzene rings is 2. The molecule has 3 amide bonds. The highest BCUT2D eigenvalue weighted by atomic mass is 19.1. The molecule has 2 aromatic carbocycles. The number of hydrogen-bond acceptors (Lipinski definition) is 6. The second-order valence-corrected chi connectivity index (χ2v) is 13.9. The third-order valence-electron chi connectivity index (χ3n) is 9.29. The summed E-state index contributed by atoms with van der Waals surface area (Å²) in [5.74, 6) is -0.996. The Morgan fingerprint density at radius 2 is 1.89 bits per heavy atom. The number of halogens is 1. The van der Waals surface area contributed by atoms with Gasteiger partial charge in [-0.05, 0) is 54.0 Å². The molecule has 11 heteroatoms. The minimum absolute atomic E-state index is 0.0441. The molecule has 1 aromatic heterocycles. The average Bonchev–Trinajstić information content (AvgIpc) is 3.50. The average molecular weight is 612 g/mol. The normalized spacial score (nSPS) is 22.1. The number of carbonyl (C=O) groups excluding carboxylic acids is 3. The summed E-state index contributed by atoms with van der Waals surface area (Å²) in [5, 5.41) is 21.8. The Morgan fingerprint density at radius 3 is 2.56 bits per heavy atom. The molecule has 1 spiro atoms. The van der Waals surface area contributed by atoms with Crippen molar-refractivity contribution in [2.75, 3.05) is 18.9 Å². The van der Waals surface area contributed by atoms with Gasteiger partial charge in [0.1, 0.15) is 23.9 Å². The number of anilines is 1. The number of amides is 3. The van der Waals surface area contributed by atoms with Crippen LogP contribution in [0, 0.1) is 22.6 Å². The van der Waals surface area contributed by atoms with Gasteiger partial charge in [0, 0.05) is 44.2 Å². The highest BCUT2D eigenvalue weighted by Gasteiger charge is 2.57. The van der Waals surface area contributed by atoms with Crippen molar-refractivity contribution >= 4 is 23.4 Å². The fourth-order valence-corrected chi connectivity index (χ4v) is 6.68. The summed E-state index contributed by atoms with van der Waals surface area (Å²) in [7, 11) is 1.61. The summed E-state index contributed by atoms with van der Waals surface area (Å²) in [6, 6.07) is 13.0. The first-order valence-electron chi connectivity index (χ1n) is 15.4. The summed E-state index contributed by atoms with van der Waals surface area (Å²) in [6.45, 7) is 6.03. The van der Waals surface area contributed by atoms with Crippen LogP contribution in [-0.2, 0) is 26.2 Å². The first kappa shape index (κ1) is 30.4. The number of carbonyl (C=O) groups is 3. The molecule has 3 aromatic rings. The van der Waals surface area contributed by atoms with Crippen LogP contribution in [0.25, 0.3) is 0 Å². The number of nitrogens with one attached hydrogen (secondary N) is 1. The highest BCUT2D eigenvalue weighted by Crippen LogP contribution is 2.47. The lowest BCUT2D eigenvalue weighted by Gasteiger charge is -2.37. The number of nitriles is 1. The van der Waals surface area contributed by atoms with Crippen LogP contribution in [0.5, 0.6) is 0 Å². The predicted octanol–water partition coefficient (Wildman–Crippen LogP) is 4.36. The largest absolute Gasteiger partial charge is 0.332 e. The molecule has 3 heterocycles. The summed E-state index contributed by atoms with van der Waals surface area (Å²) in [5.41, 5.74) is 1.64. The number of hydrogen-bond donors (Lipinski definition) is 1. The molecule has 6 rings (SSSR count). The van der Waals surface area contributed by atoms with E-state index in [9.17, 15) is 24.0 Å². The zero-order chi connectivity index (χ0) is 32.1. The number of likely N-dealkylation sites (N-methyl/N-ethyl adjacent to an activating group) is 1. The maximum Gasteiger partial charge on any atom is 0.248 e. The Kier molecular flexibility index (Phi) is 7.71. The third kappa shape index (κ3) is 5.81. The Balaban J connectivity index is 1.32. The predicted molar refractivity (Wildman–Crippen MR) is 164 cm³/mol. The summed E-state index contributed by atoms with van der Waals surface area (Å²) in [4.78, 5) is 45.3. The lowest BCUT2D eigenvalue weighted by atomic mass is 9.80. The van der Waals surface area contributed by atoms with E-state index in [0.29, 0.717) is 18.0 Å². The van der Waals surface area contributed by atoms with Gasteiger partial charge in [0.05, 0.1) is 17.2 Å².